The van der Waals surface area contributed by atoms with Crippen molar-refractivity contribution in [2.24, 2.45) is 11.5 Å². The molecule has 13 heavy (non-hydrogen) atoms. The number of hydrogen-bond acceptors (Lipinski definition) is 4. The molecular weight excluding hydrogens is 190 g/mol. The Bertz CT molecular complexity index is 356. The monoisotopic (exact) mass is 203 g/mol. The van der Waals surface area contributed by atoms with Gasteiger partial charge in [-0.2, -0.15) is 0 Å². The van der Waals surface area contributed by atoms with E-state index in [1.54, 1.807) is 12.2 Å². The minimum Gasteiger partial charge on any atom is -0.401 e. The van der Waals surface area contributed by atoms with Crippen LogP contribution < -0.4 is 16.2 Å². The zero-order chi connectivity index (χ0) is 10.1. The number of sulfonamides is 1. The van der Waals surface area contributed by atoms with E-state index >= 15 is 0 Å². The highest BCUT2D eigenvalue weighted by atomic mass is 32.2. The molecule has 0 spiro atoms. The number of nitrogens with two attached hydrogens (primary N) is 2. The van der Waals surface area contributed by atoms with Gasteiger partial charge in [0.15, 0.2) is 0 Å². The third kappa shape index (κ3) is 3.08. The van der Waals surface area contributed by atoms with Crippen molar-refractivity contribution in [3.63, 3.8) is 0 Å². The van der Waals surface area contributed by atoms with Crippen LogP contribution in [-0.4, -0.2) is 20.7 Å². The van der Waals surface area contributed by atoms with Gasteiger partial charge in [-0.05, 0) is 12.2 Å². The Kier molecular flexibility index (Phi) is 2.63. The molecular formula is C7H13N3O2S. The maximum Gasteiger partial charge on any atom is 0.229 e. The quantitative estimate of drug-likeness (QED) is 0.535. The first-order chi connectivity index (χ1) is 5.88. The van der Waals surface area contributed by atoms with E-state index in [1.165, 1.54) is 0 Å². The largest absolute Gasteiger partial charge is 0.401 e. The summed E-state index contributed by atoms with van der Waals surface area (Å²) in [4.78, 5) is 0. The van der Waals surface area contributed by atoms with Gasteiger partial charge in [-0.3, -0.25) is 4.72 Å². The Morgan fingerprint density at radius 3 is 2.62 bits per heavy atom. The molecule has 1 atom stereocenters. The molecule has 0 amide bonds. The zero-order valence-corrected chi connectivity index (χ0v) is 8.14. The van der Waals surface area contributed by atoms with Crippen molar-refractivity contribution in [2.75, 3.05) is 6.26 Å². The van der Waals surface area contributed by atoms with Gasteiger partial charge in [-0.1, -0.05) is 0 Å². The minimum absolute atomic E-state index is 0.297. The standard InChI is InChI=1S/C7H13N3O2S/c1-13(11,12)10-5-2-3-6(8)7(9)4-5/h2-3,7,10H,4,8-9H2,1H3. The Morgan fingerprint density at radius 1 is 1.54 bits per heavy atom. The molecule has 0 aromatic carbocycles. The van der Waals surface area contributed by atoms with Crippen LogP contribution in [0.2, 0.25) is 0 Å². The first kappa shape index (κ1) is 10.1. The Balaban J connectivity index is 2.75. The second kappa shape index (κ2) is 3.39. The maximum atomic E-state index is 10.8. The van der Waals surface area contributed by atoms with Crippen molar-refractivity contribution in [1.82, 2.24) is 4.72 Å². The Hall–Kier alpha value is -1.01. The molecule has 0 bridgehead atoms. The molecule has 1 aliphatic carbocycles. The van der Waals surface area contributed by atoms with Crippen LogP contribution in [0.15, 0.2) is 23.5 Å². The van der Waals surface area contributed by atoms with E-state index in [1.807, 2.05) is 0 Å². The SMILES string of the molecule is CS(=O)(=O)NC1=CC=C(N)C(N)C1. The van der Waals surface area contributed by atoms with Gasteiger partial charge < -0.3 is 11.5 Å². The summed E-state index contributed by atoms with van der Waals surface area (Å²) in [5, 5.41) is 0. The number of hydrogen-bond donors (Lipinski definition) is 3. The number of rotatable bonds is 2. The molecule has 5 N–H and O–H groups in total. The van der Waals surface area contributed by atoms with Crippen LogP contribution in [0, 0.1) is 0 Å². The van der Waals surface area contributed by atoms with Gasteiger partial charge in [-0.15, -0.1) is 0 Å². The molecule has 0 saturated heterocycles. The van der Waals surface area contributed by atoms with Crippen molar-refractivity contribution in [3.05, 3.63) is 23.5 Å². The van der Waals surface area contributed by atoms with Crippen molar-refractivity contribution in [3.8, 4) is 0 Å². The smallest absolute Gasteiger partial charge is 0.229 e. The molecule has 0 radical (unpaired) electrons. The van der Waals surface area contributed by atoms with Crippen molar-refractivity contribution >= 4 is 10.0 Å². The number of nitrogens with one attached hydrogen (secondary N) is 1. The summed E-state index contributed by atoms with van der Waals surface area (Å²) in [5.74, 6) is 0. The van der Waals surface area contributed by atoms with Crippen molar-refractivity contribution in [2.45, 2.75) is 12.5 Å². The fraction of sp³-hybridized carbons (Fsp3) is 0.429. The molecule has 0 heterocycles. The first-order valence-corrected chi connectivity index (χ1v) is 5.67. The molecule has 5 nitrogen and oxygen atoms in total. The van der Waals surface area contributed by atoms with Crippen LogP contribution in [-0.2, 0) is 10.0 Å². The molecule has 74 valence electrons. The van der Waals surface area contributed by atoms with E-state index in [9.17, 15) is 8.42 Å². The van der Waals surface area contributed by atoms with E-state index in [-0.39, 0.29) is 6.04 Å². The fourth-order valence-electron chi connectivity index (χ4n) is 1.06. The van der Waals surface area contributed by atoms with E-state index < -0.39 is 10.0 Å². The van der Waals surface area contributed by atoms with E-state index in [0.29, 0.717) is 17.8 Å². The highest BCUT2D eigenvalue weighted by Crippen LogP contribution is 2.12. The van der Waals surface area contributed by atoms with Crippen LogP contribution in [0.25, 0.3) is 0 Å². The minimum atomic E-state index is -3.21. The van der Waals surface area contributed by atoms with Crippen molar-refractivity contribution < 1.29 is 8.42 Å². The van der Waals surface area contributed by atoms with Crippen LogP contribution in [0.3, 0.4) is 0 Å². The van der Waals surface area contributed by atoms with Gasteiger partial charge in [0.1, 0.15) is 0 Å². The zero-order valence-electron chi connectivity index (χ0n) is 7.32. The summed E-state index contributed by atoms with van der Waals surface area (Å²) in [5.41, 5.74) is 12.3. The average Bonchev–Trinajstić information content (AvgIpc) is 1.94. The Labute approximate surface area is 77.5 Å². The average molecular weight is 203 g/mol. The van der Waals surface area contributed by atoms with Gasteiger partial charge >= 0.3 is 0 Å². The number of allylic oxidation sites excluding steroid dienone is 2. The molecule has 0 aliphatic heterocycles. The summed E-state index contributed by atoms with van der Waals surface area (Å²) < 4.78 is 24.0. The lowest BCUT2D eigenvalue weighted by Gasteiger charge is -2.18. The first-order valence-electron chi connectivity index (χ1n) is 3.78. The molecule has 1 rings (SSSR count). The highest BCUT2D eigenvalue weighted by Gasteiger charge is 2.14. The van der Waals surface area contributed by atoms with Crippen LogP contribution in [0.4, 0.5) is 0 Å². The van der Waals surface area contributed by atoms with Crippen LogP contribution in [0.5, 0.6) is 0 Å². The molecule has 0 aromatic rings. The Morgan fingerprint density at radius 2 is 2.15 bits per heavy atom. The van der Waals surface area contributed by atoms with Gasteiger partial charge in [0.25, 0.3) is 0 Å². The predicted octanol–water partition coefficient (Wildman–Crippen LogP) is -1.01. The molecule has 1 aliphatic rings. The van der Waals surface area contributed by atoms with E-state index in [4.69, 9.17) is 11.5 Å². The summed E-state index contributed by atoms with van der Waals surface area (Å²) in [7, 11) is -3.21. The lowest BCUT2D eigenvalue weighted by molar-refractivity contribution is 0.590. The van der Waals surface area contributed by atoms with Crippen LogP contribution in [0.1, 0.15) is 6.42 Å². The highest BCUT2D eigenvalue weighted by molar-refractivity contribution is 7.88. The van der Waals surface area contributed by atoms with Gasteiger partial charge in [0.2, 0.25) is 10.0 Å². The van der Waals surface area contributed by atoms with Gasteiger partial charge in [0.05, 0.1) is 6.26 Å². The lowest BCUT2D eigenvalue weighted by atomic mass is 10.0. The summed E-state index contributed by atoms with van der Waals surface area (Å²) >= 11 is 0. The second-order valence-corrected chi connectivity index (χ2v) is 4.79. The van der Waals surface area contributed by atoms with Gasteiger partial charge in [0, 0.05) is 23.9 Å². The second-order valence-electron chi connectivity index (χ2n) is 3.04. The molecule has 0 saturated carbocycles. The molecule has 0 aromatic heterocycles. The van der Waals surface area contributed by atoms with Gasteiger partial charge in [-0.25, -0.2) is 8.42 Å². The third-order valence-electron chi connectivity index (χ3n) is 1.66. The summed E-state index contributed by atoms with van der Waals surface area (Å²) in [6.45, 7) is 0. The molecule has 1 unspecified atom stereocenters. The normalized spacial score (nSPS) is 23.4. The van der Waals surface area contributed by atoms with Crippen LogP contribution >= 0.6 is 0 Å². The third-order valence-corrected chi connectivity index (χ3v) is 2.29. The topological polar surface area (TPSA) is 98.2 Å². The summed E-state index contributed by atoms with van der Waals surface area (Å²) in [6.07, 6.45) is 4.76. The lowest BCUT2D eigenvalue weighted by Crippen LogP contribution is -2.34. The van der Waals surface area contributed by atoms with Crippen molar-refractivity contribution in [1.29, 1.82) is 0 Å². The molecule has 6 heteroatoms. The molecule has 0 fully saturated rings. The van der Waals surface area contributed by atoms with E-state index in [0.717, 1.165) is 6.26 Å². The van der Waals surface area contributed by atoms with E-state index in [2.05, 4.69) is 4.72 Å². The summed E-state index contributed by atoms with van der Waals surface area (Å²) in [6, 6.07) is -0.297. The maximum absolute atomic E-state index is 10.8. The predicted molar refractivity (Wildman–Crippen MR) is 50.9 cm³/mol. The fourth-order valence-corrected chi connectivity index (χ4v) is 1.68.